The van der Waals surface area contributed by atoms with Crippen molar-refractivity contribution >= 4 is 14.3 Å². The van der Waals surface area contributed by atoms with E-state index in [1.54, 1.807) is 0 Å². The lowest BCUT2D eigenvalue weighted by Gasteiger charge is -2.43. The average Bonchev–Trinajstić information content (AvgIpc) is 3.52. The summed E-state index contributed by atoms with van der Waals surface area (Å²) in [4.78, 5) is 12.6. The third kappa shape index (κ3) is 8.04. The molecule has 0 N–H and O–H groups in total. The van der Waals surface area contributed by atoms with Crippen LogP contribution in [-0.2, 0) is 32.9 Å². The summed E-state index contributed by atoms with van der Waals surface area (Å²) < 4.78 is 38.0. The Kier molecular flexibility index (Phi) is 9.73. The maximum Gasteiger partial charge on any atom is 0.311 e. The van der Waals surface area contributed by atoms with Crippen molar-refractivity contribution in [3.8, 4) is 0 Å². The zero-order valence-electron chi connectivity index (χ0n) is 26.3. The first-order valence-electron chi connectivity index (χ1n) is 14.6. The lowest BCUT2D eigenvalue weighted by atomic mass is 9.95. The molecule has 2 aliphatic heterocycles. The quantitative estimate of drug-likeness (QED) is 0.170. The minimum absolute atomic E-state index is 0.00232. The number of esters is 1. The standard InChI is InChI=1S/C31H54O7Si/c1-21(24-20-34-31(36-24)17-13-14-18-31)15-16-23-26(37-30(9,10)35-23)25(38-39(11,12)29(6,7)8)22(2)19-33-27(32)28(3,4)5/h15-16,22-26H,1,13-14,17-20H2,2-12H3/b16-15+/t22-,23+,24-,25-,26+/m1/s1. The molecule has 0 aromatic rings. The van der Waals surface area contributed by atoms with Crippen LogP contribution >= 0.6 is 0 Å². The van der Waals surface area contributed by atoms with E-state index in [9.17, 15) is 4.79 Å². The summed E-state index contributed by atoms with van der Waals surface area (Å²) in [6.45, 7) is 27.7. The van der Waals surface area contributed by atoms with Crippen molar-refractivity contribution in [3.05, 3.63) is 24.3 Å². The van der Waals surface area contributed by atoms with Gasteiger partial charge in [-0.05, 0) is 71.2 Å². The van der Waals surface area contributed by atoms with E-state index in [1.165, 1.54) is 0 Å². The Balaban J connectivity index is 1.81. The molecule has 39 heavy (non-hydrogen) atoms. The summed E-state index contributed by atoms with van der Waals surface area (Å²) in [5.41, 5.74) is 0.291. The van der Waals surface area contributed by atoms with Crippen LogP contribution in [0.2, 0.25) is 18.1 Å². The highest BCUT2D eigenvalue weighted by Crippen LogP contribution is 2.43. The summed E-state index contributed by atoms with van der Waals surface area (Å²) >= 11 is 0. The van der Waals surface area contributed by atoms with E-state index in [4.69, 9.17) is 28.1 Å². The second-order valence-corrected chi connectivity index (χ2v) is 19.5. The van der Waals surface area contributed by atoms with E-state index in [2.05, 4.69) is 47.4 Å². The summed E-state index contributed by atoms with van der Waals surface area (Å²) in [5.74, 6) is -1.56. The molecule has 5 atom stereocenters. The molecule has 0 bridgehead atoms. The molecule has 3 rings (SSSR count). The SMILES string of the molecule is C=C(/C=C/[C@@H]1OC(C)(C)O[C@@H]1[C@H](O[Si](C)(C)C(C)(C)C)[C@H](C)COC(=O)C(C)(C)C)[C@H]1COC2(CCCC2)O1. The van der Waals surface area contributed by atoms with Crippen LogP contribution in [0.3, 0.4) is 0 Å². The van der Waals surface area contributed by atoms with Crippen molar-refractivity contribution in [1.29, 1.82) is 0 Å². The van der Waals surface area contributed by atoms with Crippen LogP contribution in [-0.4, -0.2) is 63.5 Å². The van der Waals surface area contributed by atoms with Gasteiger partial charge in [0.2, 0.25) is 0 Å². The van der Waals surface area contributed by atoms with E-state index in [0.29, 0.717) is 6.61 Å². The molecule has 7 nitrogen and oxygen atoms in total. The Morgan fingerprint density at radius 2 is 1.69 bits per heavy atom. The predicted molar refractivity (Wildman–Crippen MR) is 156 cm³/mol. The first kappa shape index (κ1) is 32.5. The van der Waals surface area contributed by atoms with Gasteiger partial charge >= 0.3 is 5.97 Å². The number of ether oxygens (including phenoxy) is 5. The zero-order chi connectivity index (χ0) is 29.4. The fraction of sp³-hybridized carbons (Fsp3) is 0.839. The van der Waals surface area contributed by atoms with Gasteiger partial charge in [0.05, 0.1) is 24.7 Å². The highest BCUT2D eigenvalue weighted by atomic mass is 28.4. The van der Waals surface area contributed by atoms with Gasteiger partial charge in [-0.15, -0.1) is 0 Å². The molecule has 0 unspecified atom stereocenters. The van der Waals surface area contributed by atoms with Crippen molar-refractivity contribution in [2.75, 3.05) is 13.2 Å². The number of carbonyl (C=O) groups excluding carboxylic acids is 1. The Morgan fingerprint density at radius 3 is 2.26 bits per heavy atom. The molecule has 0 aromatic heterocycles. The molecular weight excluding hydrogens is 512 g/mol. The Labute approximate surface area is 238 Å². The number of hydrogen-bond donors (Lipinski definition) is 0. The fourth-order valence-electron chi connectivity index (χ4n) is 5.00. The fourth-order valence-corrected chi connectivity index (χ4v) is 6.40. The molecule has 3 fully saturated rings. The van der Waals surface area contributed by atoms with E-state index in [0.717, 1.165) is 31.3 Å². The predicted octanol–water partition coefficient (Wildman–Crippen LogP) is 6.92. The van der Waals surface area contributed by atoms with E-state index < -0.39 is 25.3 Å². The first-order chi connectivity index (χ1) is 17.8. The molecule has 0 radical (unpaired) electrons. The van der Waals surface area contributed by atoms with Crippen LogP contribution in [0, 0.1) is 11.3 Å². The van der Waals surface area contributed by atoms with Gasteiger partial charge in [-0.1, -0.05) is 46.4 Å². The summed E-state index contributed by atoms with van der Waals surface area (Å²) in [7, 11) is -2.21. The molecule has 1 aliphatic carbocycles. The molecule has 8 heteroatoms. The zero-order valence-corrected chi connectivity index (χ0v) is 27.3. The van der Waals surface area contributed by atoms with E-state index in [1.807, 2.05) is 46.8 Å². The lowest BCUT2D eigenvalue weighted by molar-refractivity contribution is -0.163. The van der Waals surface area contributed by atoms with Gasteiger partial charge < -0.3 is 28.1 Å². The second kappa shape index (κ2) is 11.7. The van der Waals surface area contributed by atoms with Crippen LogP contribution in [0.4, 0.5) is 0 Å². The van der Waals surface area contributed by atoms with Gasteiger partial charge in [-0.25, -0.2) is 0 Å². The molecule has 1 saturated carbocycles. The van der Waals surface area contributed by atoms with Crippen molar-refractivity contribution in [3.63, 3.8) is 0 Å². The largest absolute Gasteiger partial charge is 0.465 e. The Morgan fingerprint density at radius 1 is 1.08 bits per heavy atom. The Bertz CT molecular complexity index is 905. The normalized spacial score (nSPS) is 28.7. The van der Waals surface area contributed by atoms with Crippen LogP contribution < -0.4 is 0 Å². The van der Waals surface area contributed by atoms with Crippen LogP contribution in [0.5, 0.6) is 0 Å². The molecule has 0 aromatic carbocycles. The van der Waals surface area contributed by atoms with Crippen molar-refractivity contribution in [2.45, 2.75) is 142 Å². The van der Waals surface area contributed by atoms with Gasteiger partial charge in [0.25, 0.3) is 0 Å². The summed E-state index contributed by atoms with van der Waals surface area (Å²) in [5, 5.41) is -0.00232. The van der Waals surface area contributed by atoms with E-state index >= 15 is 0 Å². The molecular formula is C31H54O7Si. The third-order valence-corrected chi connectivity index (χ3v) is 13.0. The molecule has 1 spiro atoms. The van der Waals surface area contributed by atoms with Crippen molar-refractivity contribution in [1.82, 2.24) is 0 Å². The highest BCUT2D eigenvalue weighted by molar-refractivity contribution is 6.74. The van der Waals surface area contributed by atoms with Gasteiger partial charge in [-0.3, -0.25) is 4.79 Å². The molecule has 2 heterocycles. The topological polar surface area (TPSA) is 72.5 Å². The minimum Gasteiger partial charge on any atom is -0.465 e. The van der Waals surface area contributed by atoms with Gasteiger partial charge in [0.1, 0.15) is 18.3 Å². The molecule has 2 saturated heterocycles. The molecule has 224 valence electrons. The van der Waals surface area contributed by atoms with Crippen LogP contribution in [0.15, 0.2) is 24.3 Å². The van der Waals surface area contributed by atoms with Gasteiger partial charge in [-0.2, -0.15) is 0 Å². The van der Waals surface area contributed by atoms with Crippen LogP contribution in [0.25, 0.3) is 0 Å². The first-order valence-corrected chi connectivity index (χ1v) is 17.6. The molecule has 3 aliphatic rings. The maximum absolute atomic E-state index is 12.6. The number of carbonyl (C=O) groups is 1. The Hall–Kier alpha value is -1.03. The molecule has 0 amide bonds. The average molecular weight is 567 g/mol. The van der Waals surface area contributed by atoms with Gasteiger partial charge in [0, 0.05) is 18.8 Å². The minimum atomic E-state index is -2.21. The van der Waals surface area contributed by atoms with Crippen LogP contribution in [0.1, 0.15) is 88.0 Å². The highest BCUT2D eigenvalue weighted by Gasteiger charge is 2.50. The van der Waals surface area contributed by atoms with Crippen molar-refractivity contribution in [2.24, 2.45) is 11.3 Å². The van der Waals surface area contributed by atoms with E-state index in [-0.39, 0.29) is 47.9 Å². The smallest absolute Gasteiger partial charge is 0.311 e. The monoisotopic (exact) mass is 566 g/mol. The van der Waals surface area contributed by atoms with Crippen molar-refractivity contribution < 1.29 is 32.9 Å². The lowest BCUT2D eigenvalue weighted by Crippen LogP contribution is -2.52. The summed E-state index contributed by atoms with van der Waals surface area (Å²) in [6.07, 6.45) is 6.91. The maximum atomic E-state index is 12.6. The number of hydrogen-bond acceptors (Lipinski definition) is 7. The summed E-state index contributed by atoms with van der Waals surface area (Å²) in [6, 6.07) is 0. The van der Waals surface area contributed by atoms with Gasteiger partial charge in [0.15, 0.2) is 19.9 Å². The number of rotatable bonds is 9. The second-order valence-electron chi connectivity index (χ2n) is 14.7. The third-order valence-electron chi connectivity index (χ3n) is 8.51.